The number of hydrogen-bond acceptors (Lipinski definition) is 5. The van der Waals surface area contributed by atoms with Gasteiger partial charge in [0.15, 0.2) is 0 Å². The lowest BCUT2D eigenvalue weighted by Gasteiger charge is -2.09. The van der Waals surface area contributed by atoms with Gasteiger partial charge in [-0.15, -0.1) is 11.8 Å². The summed E-state index contributed by atoms with van der Waals surface area (Å²) in [7, 11) is -2.97. The fourth-order valence-corrected chi connectivity index (χ4v) is 3.81. The Bertz CT molecular complexity index is 521. The summed E-state index contributed by atoms with van der Waals surface area (Å²) in [5, 5.41) is 4.48. The molecule has 1 aromatic rings. The molecule has 0 saturated heterocycles. The predicted octanol–water partition coefficient (Wildman–Crippen LogP) is 2.96. The maximum Gasteiger partial charge on any atom is 0.148 e. The van der Waals surface area contributed by atoms with Gasteiger partial charge in [-0.1, -0.05) is 23.2 Å². The van der Waals surface area contributed by atoms with Crippen LogP contribution in [0.4, 0.5) is 5.82 Å². The molecular weight excluding hydrogens is 315 g/mol. The number of aromatic nitrogens is 1. The van der Waals surface area contributed by atoms with E-state index in [1.54, 1.807) is 6.07 Å². The molecule has 102 valence electrons. The average Bonchev–Trinajstić information content (AvgIpc) is 2.23. The highest BCUT2D eigenvalue weighted by atomic mass is 35.5. The third kappa shape index (κ3) is 5.22. The first-order valence-electron chi connectivity index (χ1n) is 5.24. The monoisotopic (exact) mass is 328 g/mol. The summed E-state index contributed by atoms with van der Waals surface area (Å²) in [5.74, 6) is 1.07. The molecule has 0 aromatic carbocycles. The Labute approximate surface area is 121 Å². The molecule has 0 aliphatic heterocycles. The van der Waals surface area contributed by atoms with Crippen LogP contribution in [0.25, 0.3) is 0 Å². The lowest BCUT2D eigenvalue weighted by molar-refractivity contribution is 0.603. The van der Waals surface area contributed by atoms with E-state index < -0.39 is 9.84 Å². The molecule has 0 aliphatic rings. The van der Waals surface area contributed by atoms with Gasteiger partial charge in [-0.2, -0.15) is 0 Å². The maximum atomic E-state index is 11.0. The Balaban J connectivity index is 2.79. The molecule has 1 aromatic heterocycles. The van der Waals surface area contributed by atoms with Gasteiger partial charge in [-0.05, 0) is 13.0 Å². The summed E-state index contributed by atoms with van der Waals surface area (Å²) in [6.45, 7) is 2.63. The number of rotatable bonds is 6. The zero-order valence-corrected chi connectivity index (χ0v) is 13.2. The van der Waals surface area contributed by atoms with Crippen LogP contribution < -0.4 is 5.32 Å². The van der Waals surface area contributed by atoms with Crippen LogP contribution in [-0.4, -0.2) is 37.7 Å². The molecule has 4 nitrogen and oxygen atoms in total. The highest BCUT2D eigenvalue weighted by Crippen LogP contribution is 2.31. The summed E-state index contributed by atoms with van der Waals surface area (Å²) in [6.07, 6.45) is 1.20. The fourth-order valence-electron chi connectivity index (χ4n) is 1.13. The third-order valence-electron chi connectivity index (χ3n) is 1.93. The van der Waals surface area contributed by atoms with Gasteiger partial charge < -0.3 is 5.32 Å². The molecule has 0 fully saturated rings. The highest BCUT2D eigenvalue weighted by Gasteiger charge is 2.10. The summed E-state index contributed by atoms with van der Waals surface area (Å²) in [5.41, 5.74) is 0. The van der Waals surface area contributed by atoms with E-state index >= 15 is 0 Å². The minimum absolute atomic E-state index is 0.0921. The van der Waals surface area contributed by atoms with Gasteiger partial charge in [0, 0.05) is 18.6 Å². The van der Waals surface area contributed by atoms with Crippen molar-refractivity contribution in [2.75, 3.05) is 29.6 Å². The first-order chi connectivity index (χ1) is 8.33. The molecule has 1 heterocycles. The molecule has 0 bridgehead atoms. The van der Waals surface area contributed by atoms with E-state index in [2.05, 4.69) is 10.3 Å². The predicted molar refractivity (Wildman–Crippen MR) is 78.9 cm³/mol. The van der Waals surface area contributed by atoms with E-state index in [4.69, 9.17) is 23.2 Å². The van der Waals surface area contributed by atoms with Crippen molar-refractivity contribution in [2.24, 2.45) is 0 Å². The standard InChI is InChI=1S/C10H14Cl2N2O2S2/c1-3-13-9-7(11)6-8(12)10(14-9)17-4-5-18(2,15)16/h6H,3-5H2,1-2H3,(H,13,14). The second-order valence-electron chi connectivity index (χ2n) is 3.61. The molecule has 0 saturated carbocycles. The van der Waals surface area contributed by atoms with Gasteiger partial charge >= 0.3 is 0 Å². The second-order valence-corrected chi connectivity index (χ2v) is 7.77. The lowest BCUT2D eigenvalue weighted by atomic mass is 10.4. The van der Waals surface area contributed by atoms with Crippen molar-refractivity contribution in [3.05, 3.63) is 16.1 Å². The van der Waals surface area contributed by atoms with E-state index in [-0.39, 0.29) is 5.75 Å². The number of nitrogens with zero attached hydrogens (tertiary/aromatic N) is 1. The summed E-state index contributed by atoms with van der Waals surface area (Å²) < 4.78 is 22.1. The summed E-state index contributed by atoms with van der Waals surface area (Å²) >= 11 is 13.3. The van der Waals surface area contributed by atoms with Gasteiger partial charge in [0.2, 0.25) is 0 Å². The second kappa shape index (κ2) is 6.84. The smallest absolute Gasteiger partial charge is 0.148 e. The minimum atomic E-state index is -2.97. The zero-order valence-electron chi connectivity index (χ0n) is 10.0. The molecule has 18 heavy (non-hydrogen) atoms. The Morgan fingerprint density at radius 3 is 2.61 bits per heavy atom. The van der Waals surface area contributed by atoms with E-state index in [1.807, 2.05) is 6.92 Å². The van der Waals surface area contributed by atoms with Gasteiger partial charge in [-0.25, -0.2) is 13.4 Å². The number of hydrogen-bond donors (Lipinski definition) is 1. The summed E-state index contributed by atoms with van der Waals surface area (Å²) in [6, 6.07) is 1.61. The molecular formula is C10H14Cl2N2O2S2. The van der Waals surface area contributed by atoms with Crippen molar-refractivity contribution in [2.45, 2.75) is 11.9 Å². The summed E-state index contributed by atoms with van der Waals surface area (Å²) in [4.78, 5) is 4.27. The van der Waals surface area contributed by atoms with Gasteiger partial charge in [-0.3, -0.25) is 0 Å². The van der Waals surface area contributed by atoms with Gasteiger partial charge in [0.05, 0.1) is 15.8 Å². The van der Waals surface area contributed by atoms with Crippen molar-refractivity contribution in [3.63, 3.8) is 0 Å². The topological polar surface area (TPSA) is 59.1 Å². The van der Waals surface area contributed by atoms with Crippen LogP contribution in [0, 0.1) is 0 Å². The molecule has 0 atom stereocenters. The van der Waals surface area contributed by atoms with Crippen LogP contribution in [0.1, 0.15) is 6.92 Å². The minimum Gasteiger partial charge on any atom is -0.369 e. The first-order valence-corrected chi connectivity index (χ1v) is 9.04. The molecule has 0 unspecified atom stereocenters. The van der Waals surface area contributed by atoms with Crippen molar-refractivity contribution in [1.82, 2.24) is 4.98 Å². The molecule has 0 spiro atoms. The van der Waals surface area contributed by atoms with Crippen LogP contribution in [0.3, 0.4) is 0 Å². The quantitative estimate of drug-likeness (QED) is 0.813. The fraction of sp³-hybridized carbons (Fsp3) is 0.500. The third-order valence-corrected chi connectivity index (χ3v) is 4.82. The van der Waals surface area contributed by atoms with Crippen LogP contribution in [-0.2, 0) is 9.84 Å². The zero-order chi connectivity index (χ0) is 13.8. The first kappa shape index (κ1) is 15.9. The molecule has 0 aliphatic carbocycles. The average molecular weight is 329 g/mol. The molecule has 0 amide bonds. The van der Waals surface area contributed by atoms with Crippen molar-refractivity contribution in [1.29, 1.82) is 0 Å². The number of sulfone groups is 1. The number of nitrogens with one attached hydrogen (secondary N) is 1. The van der Waals surface area contributed by atoms with E-state index in [0.29, 0.717) is 33.2 Å². The number of pyridine rings is 1. The van der Waals surface area contributed by atoms with Crippen molar-refractivity contribution >= 4 is 50.6 Å². The molecule has 0 radical (unpaired) electrons. The van der Waals surface area contributed by atoms with Crippen LogP contribution in [0.5, 0.6) is 0 Å². The number of anilines is 1. The molecule has 1 rings (SSSR count). The van der Waals surface area contributed by atoms with E-state index in [1.165, 1.54) is 18.0 Å². The Hall–Kier alpha value is -0.170. The molecule has 8 heteroatoms. The Morgan fingerprint density at radius 1 is 1.39 bits per heavy atom. The normalized spacial score (nSPS) is 11.6. The largest absolute Gasteiger partial charge is 0.369 e. The van der Waals surface area contributed by atoms with Crippen LogP contribution in [0.15, 0.2) is 11.1 Å². The van der Waals surface area contributed by atoms with E-state index in [0.717, 1.165) is 0 Å². The van der Waals surface area contributed by atoms with Crippen molar-refractivity contribution in [3.8, 4) is 0 Å². The lowest BCUT2D eigenvalue weighted by Crippen LogP contribution is -2.06. The Kier molecular flexibility index (Phi) is 6.04. The van der Waals surface area contributed by atoms with Crippen LogP contribution >= 0.6 is 35.0 Å². The van der Waals surface area contributed by atoms with E-state index in [9.17, 15) is 8.42 Å². The highest BCUT2D eigenvalue weighted by molar-refractivity contribution is 8.00. The SMILES string of the molecule is CCNc1nc(SCCS(C)(=O)=O)c(Cl)cc1Cl. The van der Waals surface area contributed by atoms with Gasteiger partial charge in [0.25, 0.3) is 0 Å². The van der Waals surface area contributed by atoms with Crippen molar-refractivity contribution < 1.29 is 8.42 Å². The number of halogens is 2. The maximum absolute atomic E-state index is 11.0. The number of thioether (sulfide) groups is 1. The molecule has 1 N–H and O–H groups in total. The van der Waals surface area contributed by atoms with Gasteiger partial charge in [0.1, 0.15) is 20.7 Å². The van der Waals surface area contributed by atoms with Crippen LogP contribution in [0.2, 0.25) is 10.0 Å². The Morgan fingerprint density at radius 2 is 2.06 bits per heavy atom.